The number of carboxylic acids is 1. The van der Waals surface area contributed by atoms with E-state index in [1.165, 1.54) is 7.11 Å². The van der Waals surface area contributed by atoms with E-state index in [2.05, 4.69) is 16.8 Å². The number of carboxylic acid groups (broad SMARTS) is 1. The van der Waals surface area contributed by atoms with Crippen LogP contribution in [0.15, 0.2) is 12.1 Å². The number of aliphatic carboxylic acids is 1. The Morgan fingerprint density at radius 2 is 2.40 bits per heavy atom. The van der Waals surface area contributed by atoms with E-state index in [0.717, 1.165) is 0 Å². The highest BCUT2D eigenvalue weighted by Crippen LogP contribution is 2.16. The van der Waals surface area contributed by atoms with Crippen molar-refractivity contribution in [1.82, 2.24) is 4.98 Å². The Morgan fingerprint density at radius 1 is 1.67 bits per heavy atom. The van der Waals surface area contributed by atoms with E-state index < -0.39 is 5.97 Å². The summed E-state index contributed by atoms with van der Waals surface area (Å²) in [5.74, 6) is 4.39. The van der Waals surface area contributed by atoms with Gasteiger partial charge in [-0.05, 0) is 18.1 Å². The summed E-state index contributed by atoms with van der Waals surface area (Å²) < 4.78 is 4.89. The molecule has 0 aliphatic heterocycles. The molecule has 5 nitrogen and oxygen atoms in total. The van der Waals surface area contributed by atoms with Crippen LogP contribution in [0.1, 0.15) is 12.1 Å². The molecule has 0 bridgehead atoms. The van der Waals surface area contributed by atoms with Crippen molar-refractivity contribution in [2.75, 3.05) is 12.8 Å². The second kappa shape index (κ2) is 4.86. The number of nitrogens with two attached hydrogens (primary N) is 1. The molecule has 0 aromatic carbocycles. The summed E-state index contributed by atoms with van der Waals surface area (Å²) in [5.41, 5.74) is 6.40. The fourth-order valence-corrected chi connectivity index (χ4v) is 0.895. The van der Waals surface area contributed by atoms with Crippen molar-refractivity contribution in [3.63, 3.8) is 0 Å². The van der Waals surface area contributed by atoms with E-state index in [4.69, 9.17) is 15.6 Å². The average molecular weight is 206 g/mol. The lowest BCUT2D eigenvalue weighted by Crippen LogP contribution is -1.96. The van der Waals surface area contributed by atoms with Gasteiger partial charge in [-0.2, -0.15) is 0 Å². The standard InChI is InChI=1S/C10H10N2O3/c1-15-10-8(11)6-5-7(12-10)3-2-4-9(13)14/h5-6H,4,11H2,1H3,(H,13,14). The minimum atomic E-state index is -0.968. The first-order chi connectivity index (χ1) is 7.13. The average Bonchev–Trinajstić information content (AvgIpc) is 2.20. The number of hydrogen-bond acceptors (Lipinski definition) is 4. The fraction of sp³-hybridized carbons (Fsp3) is 0.200. The summed E-state index contributed by atoms with van der Waals surface area (Å²) in [7, 11) is 1.45. The molecule has 0 aliphatic rings. The van der Waals surface area contributed by atoms with Crippen molar-refractivity contribution in [2.45, 2.75) is 6.42 Å². The predicted molar refractivity (Wildman–Crippen MR) is 54.3 cm³/mol. The summed E-state index contributed by atoms with van der Waals surface area (Å²) >= 11 is 0. The second-order valence-corrected chi connectivity index (χ2v) is 2.67. The number of carbonyl (C=O) groups is 1. The van der Waals surface area contributed by atoms with Gasteiger partial charge in [0.1, 0.15) is 12.1 Å². The van der Waals surface area contributed by atoms with Crippen molar-refractivity contribution < 1.29 is 14.6 Å². The molecule has 15 heavy (non-hydrogen) atoms. The minimum absolute atomic E-state index is 0.214. The Hall–Kier alpha value is -2.22. The van der Waals surface area contributed by atoms with Crippen LogP contribution >= 0.6 is 0 Å². The van der Waals surface area contributed by atoms with Crippen molar-refractivity contribution in [2.24, 2.45) is 0 Å². The summed E-state index contributed by atoms with van der Waals surface area (Å²) in [4.78, 5) is 14.2. The molecular weight excluding hydrogens is 196 g/mol. The first-order valence-corrected chi connectivity index (χ1v) is 4.14. The van der Waals surface area contributed by atoms with Crippen LogP contribution < -0.4 is 10.5 Å². The van der Waals surface area contributed by atoms with Crippen LogP contribution in [0.3, 0.4) is 0 Å². The third kappa shape index (κ3) is 3.19. The Kier molecular flexibility index (Phi) is 3.52. The fourth-order valence-electron chi connectivity index (χ4n) is 0.895. The number of hydrogen-bond donors (Lipinski definition) is 2. The maximum Gasteiger partial charge on any atom is 0.315 e. The topological polar surface area (TPSA) is 85.4 Å². The van der Waals surface area contributed by atoms with E-state index in [1.54, 1.807) is 12.1 Å². The molecule has 0 spiro atoms. The summed E-state index contributed by atoms with van der Waals surface area (Å²) in [6.45, 7) is 0. The molecule has 0 saturated heterocycles. The van der Waals surface area contributed by atoms with Crippen LogP contribution in [0.5, 0.6) is 5.88 Å². The molecule has 0 aliphatic carbocycles. The molecule has 1 aromatic heterocycles. The third-order valence-electron chi connectivity index (χ3n) is 1.54. The minimum Gasteiger partial charge on any atom is -0.481 e. The molecule has 0 amide bonds. The van der Waals surface area contributed by atoms with E-state index >= 15 is 0 Å². The van der Waals surface area contributed by atoms with Gasteiger partial charge in [0.2, 0.25) is 5.88 Å². The summed E-state index contributed by atoms with van der Waals surface area (Å²) in [6, 6.07) is 3.21. The van der Waals surface area contributed by atoms with Gasteiger partial charge in [-0.3, -0.25) is 4.79 Å². The maximum atomic E-state index is 10.2. The number of rotatable bonds is 2. The van der Waals surface area contributed by atoms with Crippen LogP contribution in [0.25, 0.3) is 0 Å². The van der Waals surface area contributed by atoms with Crippen molar-refractivity contribution in [3.8, 4) is 17.7 Å². The molecule has 3 N–H and O–H groups in total. The van der Waals surface area contributed by atoms with E-state index in [1.807, 2.05) is 0 Å². The van der Waals surface area contributed by atoms with Crippen LogP contribution in [0.4, 0.5) is 5.69 Å². The number of ether oxygens (including phenoxy) is 1. The zero-order chi connectivity index (χ0) is 11.3. The molecule has 0 fully saturated rings. The van der Waals surface area contributed by atoms with Gasteiger partial charge < -0.3 is 15.6 Å². The number of anilines is 1. The Bertz CT molecular complexity index is 432. The van der Waals surface area contributed by atoms with Gasteiger partial charge in [-0.25, -0.2) is 4.98 Å². The van der Waals surface area contributed by atoms with Gasteiger partial charge in [-0.1, -0.05) is 5.92 Å². The number of nitrogens with zero attached hydrogens (tertiary/aromatic N) is 1. The smallest absolute Gasteiger partial charge is 0.315 e. The quantitative estimate of drug-likeness (QED) is 0.688. The van der Waals surface area contributed by atoms with Crippen molar-refractivity contribution >= 4 is 11.7 Å². The Morgan fingerprint density at radius 3 is 3.00 bits per heavy atom. The zero-order valence-corrected chi connectivity index (χ0v) is 8.15. The molecule has 1 rings (SSSR count). The third-order valence-corrected chi connectivity index (χ3v) is 1.54. The second-order valence-electron chi connectivity index (χ2n) is 2.67. The molecule has 78 valence electrons. The molecule has 0 radical (unpaired) electrons. The highest BCUT2D eigenvalue weighted by Gasteiger charge is 2.00. The highest BCUT2D eigenvalue weighted by atomic mass is 16.5. The summed E-state index contributed by atoms with van der Waals surface area (Å²) in [5, 5.41) is 8.37. The number of pyridine rings is 1. The van der Waals surface area contributed by atoms with Crippen LogP contribution in [0, 0.1) is 11.8 Å². The molecule has 1 aromatic rings. The monoisotopic (exact) mass is 206 g/mol. The molecule has 1 heterocycles. The van der Waals surface area contributed by atoms with Crippen LogP contribution in [0.2, 0.25) is 0 Å². The normalized spacial score (nSPS) is 8.87. The largest absolute Gasteiger partial charge is 0.481 e. The van der Waals surface area contributed by atoms with Crippen LogP contribution in [-0.4, -0.2) is 23.2 Å². The SMILES string of the molecule is COc1nc(C#CCC(=O)O)ccc1N. The van der Waals surface area contributed by atoms with Crippen LogP contribution in [-0.2, 0) is 4.79 Å². The predicted octanol–water partition coefficient (Wildman–Crippen LogP) is 0.499. The molecule has 0 atom stereocenters. The van der Waals surface area contributed by atoms with E-state index in [-0.39, 0.29) is 12.3 Å². The number of aromatic nitrogens is 1. The Balaban J connectivity index is 2.85. The maximum absolute atomic E-state index is 10.2. The first kappa shape index (κ1) is 10.9. The zero-order valence-electron chi connectivity index (χ0n) is 8.15. The lowest BCUT2D eigenvalue weighted by atomic mass is 10.3. The van der Waals surface area contributed by atoms with Gasteiger partial charge in [0, 0.05) is 0 Å². The lowest BCUT2D eigenvalue weighted by Gasteiger charge is -2.01. The summed E-state index contributed by atoms with van der Waals surface area (Å²) in [6.07, 6.45) is -0.214. The number of nitrogen functional groups attached to an aromatic ring is 1. The van der Waals surface area contributed by atoms with Crippen molar-refractivity contribution in [3.05, 3.63) is 17.8 Å². The van der Waals surface area contributed by atoms with Crippen molar-refractivity contribution in [1.29, 1.82) is 0 Å². The van der Waals surface area contributed by atoms with Gasteiger partial charge in [0.05, 0.1) is 12.8 Å². The first-order valence-electron chi connectivity index (χ1n) is 4.14. The van der Waals surface area contributed by atoms with E-state index in [0.29, 0.717) is 11.4 Å². The molecule has 0 saturated carbocycles. The van der Waals surface area contributed by atoms with Gasteiger partial charge in [0.25, 0.3) is 0 Å². The molecule has 5 heteroatoms. The van der Waals surface area contributed by atoms with Gasteiger partial charge >= 0.3 is 5.97 Å². The lowest BCUT2D eigenvalue weighted by molar-refractivity contribution is -0.135. The molecule has 0 unspecified atom stereocenters. The van der Waals surface area contributed by atoms with Gasteiger partial charge in [0.15, 0.2) is 0 Å². The number of methoxy groups -OCH3 is 1. The Labute approximate surface area is 86.9 Å². The van der Waals surface area contributed by atoms with Gasteiger partial charge in [-0.15, -0.1) is 0 Å². The molecular formula is C10H10N2O3. The van der Waals surface area contributed by atoms with E-state index in [9.17, 15) is 4.79 Å². The highest BCUT2D eigenvalue weighted by molar-refractivity contribution is 5.70.